The summed E-state index contributed by atoms with van der Waals surface area (Å²) in [7, 11) is 0. The Morgan fingerprint density at radius 1 is 1.35 bits per heavy atom. The number of carbonyl (C=O) groups excluding carboxylic acids is 1. The summed E-state index contributed by atoms with van der Waals surface area (Å²) >= 11 is 2.92. The lowest BCUT2D eigenvalue weighted by Gasteiger charge is -2.03. The standard InChI is InChI=1S/C19H14N2O3S2/c1-3-8-21-13-9-14-15(24-11-23-14)10-17(13)26-19(21)20-18(22)12-6-4-5-7-16(12)25-2/h1,4-7,9-10H,8,11H2,2H3. The van der Waals surface area contributed by atoms with Crippen LogP contribution in [0.3, 0.4) is 0 Å². The van der Waals surface area contributed by atoms with E-state index in [1.54, 1.807) is 6.07 Å². The van der Waals surface area contributed by atoms with E-state index in [9.17, 15) is 4.79 Å². The number of amides is 1. The molecule has 0 saturated heterocycles. The lowest BCUT2D eigenvalue weighted by Crippen LogP contribution is -2.16. The van der Waals surface area contributed by atoms with Gasteiger partial charge < -0.3 is 14.0 Å². The molecule has 0 fully saturated rings. The topological polar surface area (TPSA) is 52.8 Å². The van der Waals surface area contributed by atoms with Gasteiger partial charge in [0.1, 0.15) is 0 Å². The van der Waals surface area contributed by atoms with Gasteiger partial charge >= 0.3 is 0 Å². The van der Waals surface area contributed by atoms with Crippen LogP contribution < -0.4 is 14.3 Å². The zero-order valence-corrected chi connectivity index (χ0v) is 15.5. The second-order valence-electron chi connectivity index (χ2n) is 5.47. The molecule has 7 heteroatoms. The summed E-state index contributed by atoms with van der Waals surface area (Å²) in [6, 6.07) is 11.2. The maximum Gasteiger partial charge on any atom is 0.280 e. The summed E-state index contributed by atoms with van der Waals surface area (Å²) in [5, 5.41) is 0. The lowest BCUT2D eigenvalue weighted by molar-refractivity contribution is 0.0995. The van der Waals surface area contributed by atoms with Gasteiger partial charge in [-0.2, -0.15) is 4.99 Å². The summed E-state index contributed by atoms with van der Waals surface area (Å²) in [4.78, 5) is 18.5. The largest absolute Gasteiger partial charge is 0.454 e. The van der Waals surface area contributed by atoms with Crippen LogP contribution in [0.25, 0.3) is 10.2 Å². The fraction of sp³-hybridized carbons (Fsp3) is 0.158. The number of hydrogen-bond donors (Lipinski definition) is 0. The van der Waals surface area contributed by atoms with Crippen LogP contribution in [0.4, 0.5) is 0 Å². The smallest absolute Gasteiger partial charge is 0.280 e. The summed E-state index contributed by atoms with van der Waals surface area (Å²) in [6.45, 7) is 0.527. The maximum atomic E-state index is 12.7. The first-order chi connectivity index (χ1) is 12.7. The highest BCUT2D eigenvalue weighted by Crippen LogP contribution is 2.37. The zero-order valence-electron chi connectivity index (χ0n) is 13.9. The van der Waals surface area contributed by atoms with Crippen LogP contribution in [0.15, 0.2) is 46.3 Å². The van der Waals surface area contributed by atoms with Crippen LogP contribution in [-0.2, 0) is 6.54 Å². The minimum absolute atomic E-state index is 0.211. The van der Waals surface area contributed by atoms with Crippen molar-refractivity contribution in [3.63, 3.8) is 0 Å². The van der Waals surface area contributed by atoms with Crippen molar-refractivity contribution in [3.8, 4) is 23.8 Å². The van der Waals surface area contributed by atoms with Crippen LogP contribution in [0.1, 0.15) is 10.4 Å². The van der Waals surface area contributed by atoms with Crippen molar-refractivity contribution in [1.82, 2.24) is 4.57 Å². The number of aromatic nitrogens is 1. The van der Waals surface area contributed by atoms with E-state index < -0.39 is 0 Å². The Kier molecular flexibility index (Phi) is 4.45. The predicted molar refractivity (Wildman–Crippen MR) is 103 cm³/mol. The number of ether oxygens (including phenoxy) is 2. The van der Waals surface area contributed by atoms with Crippen LogP contribution in [-0.4, -0.2) is 23.5 Å². The van der Waals surface area contributed by atoms with E-state index >= 15 is 0 Å². The number of thioether (sulfide) groups is 1. The van der Waals surface area contributed by atoms with Gasteiger partial charge in [0, 0.05) is 17.0 Å². The van der Waals surface area contributed by atoms with Crippen molar-refractivity contribution >= 4 is 39.2 Å². The molecule has 0 bridgehead atoms. The van der Waals surface area contributed by atoms with Gasteiger partial charge in [-0.1, -0.05) is 29.4 Å². The Labute approximate surface area is 158 Å². The van der Waals surface area contributed by atoms with E-state index in [1.807, 2.05) is 41.2 Å². The van der Waals surface area contributed by atoms with Crippen molar-refractivity contribution in [2.75, 3.05) is 13.0 Å². The van der Waals surface area contributed by atoms with E-state index in [0.29, 0.717) is 28.4 Å². The van der Waals surface area contributed by atoms with Gasteiger partial charge in [0.2, 0.25) is 6.79 Å². The molecule has 4 rings (SSSR count). The Balaban J connectivity index is 1.88. The average molecular weight is 382 g/mol. The number of fused-ring (bicyclic) bond motifs is 2. The Morgan fingerprint density at radius 2 is 2.12 bits per heavy atom. The number of nitrogens with zero attached hydrogens (tertiary/aromatic N) is 2. The van der Waals surface area contributed by atoms with Gasteiger partial charge in [0.15, 0.2) is 16.3 Å². The van der Waals surface area contributed by atoms with Gasteiger partial charge in [0.05, 0.1) is 22.3 Å². The molecule has 1 aromatic heterocycles. The van der Waals surface area contributed by atoms with E-state index in [-0.39, 0.29) is 12.7 Å². The summed E-state index contributed by atoms with van der Waals surface area (Å²) < 4.78 is 13.7. The number of rotatable bonds is 3. The quantitative estimate of drug-likeness (QED) is 0.514. The number of terminal acetylenes is 1. The zero-order chi connectivity index (χ0) is 18.1. The predicted octanol–water partition coefficient (Wildman–Crippen LogP) is 3.53. The van der Waals surface area contributed by atoms with Crippen molar-refractivity contribution < 1.29 is 14.3 Å². The molecule has 2 heterocycles. The monoisotopic (exact) mass is 382 g/mol. The SMILES string of the molecule is C#CCn1c(=NC(=O)c2ccccc2SC)sc2cc3c(cc21)OCO3. The average Bonchev–Trinajstić information content (AvgIpc) is 3.24. The van der Waals surface area contributed by atoms with Gasteiger partial charge in [-0.3, -0.25) is 4.79 Å². The minimum Gasteiger partial charge on any atom is -0.454 e. The normalized spacial score (nSPS) is 13.2. The molecule has 130 valence electrons. The second kappa shape index (κ2) is 6.90. The molecule has 1 amide bonds. The highest BCUT2D eigenvalue weighted by molar-refractivity contribution is 7.98. The Bertz CT molecular complexity index is 1120. The number of benzene rings is 2. The van der Waals surface area contributed by atoms with Crippen molar-refractivity contribution in [1.29, 1.82) is 0 Å². The van der Waals surface area contributed by atoms with Crippen molar-refractivity contribution in [2.24, 2.45) is 4.99 Å². The highest BCUT2D eigenvalue weighted by atomic mass is 32.2. The molecule has 0 aliphatic carbocycles. The molecule has 0 atom stereocenters. The fourth-order valence-corrected chi connectivity index (χ4v) is 4.39. The van der Waals surface area contributed by atoms with Crippen LogP contribution in [0.2, 0.25) is 0 Å². The Hall–Kier alpha value is -2.69. The third-order valence-electron chi connectivity index (χ3n) is 3.96. The summed E-state index contributed by atoms with van der Waals surface area (Å²) in [5.41, 5.74) is 1.46. The van der Waals surface area contributed by atoms with Crippen molar-refractivity contribution in [2.45, 2.75) is 11.4 Å². The van der Waals surface area contributed by atoms with Crippen LogP contribution >= 0.6 is 23.1 Å². The third kappa shape index (κ3) is 2.87. The molecule has 26 heavy (non-hydrogen) atoms. The van der Waals surface area contributed by atoms with Crippen molar-refractivity contribution in [3.05, 3.63) is 46.8 Å². The summed E-state index contributed by atoms with van der Waals surface area (Å²) in [5.74, 6) is 3.71. The fourth-order valence-electron chi connectivity index (χ4n) is 2.76. The molecule has 3 aromatic rings. The van der Waals surface area contributed by atoms with Gasteiger partial charge in [0.25, 0.3) is 5.91 Å². The molecule has 1 aliphatic rings. The van der Waals surface area contributed by atoms with E-state index in [1.165, 1.54) is 23.1 Å². The molecule has 5 nitrogen and oxygen atoms in total. The molecule has 1 aliphatic heterocycles. The van der Waals surface area contributed by atoms with Gasteiger partial charge in [-0.25, -0.2) is 0 Å². The maximum absolute atomic E-state index is 12.7. The molecule has 0 unspecified atom stereocenters. The molecule has 2 aromatic carbocycles. The first-order valence-electron chi connectivity index (χ1n) is 7.80. The molecule has 0 saturated carbocycles. The molecule has 0 spiro atoms. The molecule has 0 N–H and O–H groups in total. The number of carbonyl (C=O) groups is 1. The highest BCUT2D eigenvalue weighted by Gasteiger charge is 2.18. The Morgan fingerprint density at radius 3 is 2.88 bits per heavy atom. The first-order valence-corrected chi connectivity index (χ1v) is 9.84. The minimum atomic E-state index is -0.285. The molecular weight excluding hydrogens is 368 g/mol. The van der Waals surface area contributed by atoms with Gasteiger partial charge in [-0.05, 0) is 18.4 Å². The van der Waals surface area contributed by atoms with E-state index in [4.69, 9.17) is 15.9 Å². The van der Waals surface area contributed by atoms with Gasteiger partial charge in [-0.15, -0.1) is 18.2 Å². The van der Waals surface area contributed by atoms with E-state index in [2.05, 4.69) is 10.9 Å². The summed E-state index contributed by atoms with van der Waals surface area (Å²) in [6.07, 6.45) is 7.46. The number of thiazole rings is 1. The first kappa shape index (κ1) is 16.8. The van der Waals surface area contributed by atoms with Crippen LogP contribution in [0.5, 0.6) is 11.5 Å². The lowest BCUT2D eigenvalue weighted by atomic mass is 10.2. The van der Waals surface area contributed by atoms with Crippen LogP contribution in [0, 0.1) is 12.3 Å². The molecule has 0 radical (unpaired) electrons. The number of hydrogen-bond acceptors (Lipinski definition) is 5. The third-order valence-corrected chi connectivity index (χ3v) is 5.80. The van der Waals surface area contributed by atoms with E-state index in [0.717, 1.165) is 15.1 Å². The second-order valence-corrected chi connectivity index (χ2v) is 7.32. The molecular formula is C19H14N2O3S2.